The van der Waals surface area contributed by atoms with Gasteiger partial charge >= 0.3 is 0 Å². The van der Waals surface area contributed by atoms with Gasteiger partial charge in [0.1, 0.15) is 18.0 Å². The molecule has 3 heterocycles. The van der Waals surface area contributed by atoms with Crippen LogP contribution >= 0.6 is 11.8 Å². The lowest BCUT2D eigenvalue weighted by molar-refractivity contribution is -0.112. The number of ether oxygens (including phenoxy) is 2. The highest BCUT2D eigenvalue weighted by Crippen LogP contribution is 2.34. The largest absolute Gasteiger partial charge is 0.491 e. The molecule has 0 spiro atoms. The van der Waals surface area contributed by atoms with E-state index in [0.717, 1.165) is 93.9 Å². The fourth-order valence-electron chi connectivity index (χ4n) is 6.23. The van der Waals surface area contributed by atoms with E-state index in [0.29, 0.717) is 25.6 Å². The minimum Gasteiger partial charge on any atom is -0.491 e. The molecule has 7 nitrogen and oxygen atoms in total. The van der Waals surface area contributed by atoms with Crippen LogP contribution in [0.15, 0.2) is 102 Å². The lowest BCUT2D eigenvalue weighted by Crippen LogP contribution is -2.29. The van der Waals surface area contributed by atoms with Crippen LogP contribution in [0.1, 0.15) is 57.0 Å². The van der Waals surface area contributed by atoms with Gasteiger partial charge in [-0.05, 0) is 109 Å². The second-order valence-corrected chi connectivity index (χ2v) is 14.3. The molecular weight excluding hydrogens is 641 g/mol. The van der Waals surface area contributed by atoms with Gasteiger partial charge in [0.25, 0.3) is 5.91 Å². The first-order valence-electron chi connectivity index (χ1n) is 17.7. The first-order valence-corrected chi connectivity index (χ1v) is 18.7. The molecule has 0 bridgehead atoms. The summed E-state index contributed by atoms with van der Waals surface area (Å²) in [5.74, 6) is 2.08. The van der Waals surface area contributed by atoms with Crippen molar-refractivity contribution in [1.29, 1.82) is 0 Å². The number of carbonyl (C=O) groups excluding carboxylic acids is 1. The van der Waals surface area contributed by atoms with E-state index in [-0.39, 0.29) is 5.91 Å². The average Bonchev–Trinajstić information content (AvgIpc) is 3.33. The van der Waals surface area contributed by atoms with Gasteiger partial charge in [-0.15, -0.1) is 11.8 Å². The molecule has 5 aromatic rings. The summed E-state index contributed by atoms with van der Waals surface area (Å²) in [6.07, 6.45) is 7.02. The molecule has 0 aliphatic carbocycles. The van der Waals surface area contributed by atoms with Gasteiger partial charge in [-0.3, -0.25) is 4.79 Å². The van der Waals surface area contributed by atoms with Crippen LogP contribution in [0, 0.1) is 12.8 Å². The van der Waals surface area contributed by atoms with E-state index in [1.165, 1.54) is 5.69 Å². The molecule has 1 N–H and O–H groups in total. The number of thioether (sulfide) groups is 1. The summed E-state index contributed by atoms with van der Waals surface area (Å²) >= 11 is 1.77. The number of fused-ring (bicyclic) bond motifs is 2. The van der Waals surface area contributed by atoms with Crippen molar-refractivity contribution in [3.8, 4) is 16.9 Å². The van der Waals surface area contributed by atoms with Crippen molar-refractivity contribution in [2.75, 3.05) is 43.1 Å². The quantitative estimate of drug-likeness (QED) is 0.0873. The lowest BCUT2D eigenvalue weighted by atomic mass is 10.00. The standard InChI is InChI=1S/C42H48N4O3S/c1-5-6-23-48-24-25-49-37-15-10-32(11-16-37)33-12-19-39-35(26-33)27-34(20-22-45(39)28-30(2)3)42(47)44-36-13-17-38(18-14-36)50-29-40-31(4)43-41-9-7-8-21-46(40)41/h7-19,21,26-27,30H,5-6,20,22-25,28-29H2,1-4H3,(H,44,47). The number of amides is 1. The summed E-state index contributed by atoms with van der Waals surface area (Å²) in [5.41, 5.74) is 9.22. The van der Waals surface area contributed by atoms with E-state index >= 15 is 0 Å². The second kappa shape index (κ2) is 16.9. The Bertz CT molecular complexity index is 1910. The molecule has 0 saturated carbocycles. The first-order chi connectivity index (χ1) is 24.4. The number of anilines is 2. The zero-order valence-corrected chi connectivity index (χ0v) is 30.5. The molecule has 0 fully saturated rings. The van der Waals surface area contributed by atoms with Gasteiger partial charge in [0.15, 0.2) is 0 Å². The molecule has 1 aliphatic heterocycles. The third kappa shape index (κ3) is 8.97. The van der Waals surface area contributed by atoms with E-state index < -0.39 is 0 Å². The SMILES string of the molecule is CCCCOCCOc1ccc(-c2ccc3c(c2)C=C(C(=O)Nc2ccc(SCc4c(C)nc5ccccn45)cc2)CCN3CC(C)C)cc1. The number of imidazole rings is 1. The van der Waals surface area contributed by atoms with Crippen molar-refractivity contribution in [1.82, 2.24) is 9.38 Å². The molecule has 1 aliphatic rings. The van der Waals surface area contributed by atoms with Crippen LogP contribution in [0.4, 0.5) is 11.4 Å². The Labute approximate surface area is 300 Å². The third-order valence-electron chi connectivity index (χ3n) is 8.87. The number of nitrogens with one attached hydrogen (secondary N) is 1. The Morgan fingerprint density at radius 1 is 0.960 bits per heavy atom. The van der Waals surface area contributed by atoms with Crippen LogP contribution in [-0.4, -0.2) is 48.2 Å². The number of benzene rings is 3. The Kier molecular flexibility index (Phi) is 11.9. The number of pyridine rings is 1. The summed E-state index contributed by atoms with van der Waals surface area (Å²) in [6.45, 7) is 12.3. The average molecular weight is 689 g/mol. The van der Waals surface area contributed by atoms with Crippen molar-refractivity contribution in [2.45, 2.75) is 57.6 Å². The second-order valence-electron chi connectivity index (χ2n) is 13.2. The minimum atomic E-state index is -0.0605. The van der Waals surface area contributed by atoms with Crippen LogP contribution in [0.25, 0.3) is 22.9 Å². The monoisotopic (exact) mass is 688 g/mol. The van der Waals surface area contributed by atoms with E-state index in [9.17, 15) is 4.79 Å². The number of rotatable bonds is 15. The normalized spacial score (nSPS) is 12.9. The molecule has 3 aromatic carbocycles. The zero-order chi connectivity index (χ0) is 34.9. The van der Waals surface area contributed by atoms with Crippen LogP contribution in [0.2, 0.25) is 0 Å². The topological polar surface area (TPSA) is 68.1 Å². The van der Waals surface area contributed by atoms with Gasteiger partial charge in [-0.2, -0.15) is 0 Å². The summed E-state index contributed by atoms with van der Waals surface area (Å²) in [5, 5.41) is 3.17. The molecule has 0 radical (unpaired) electrons. The van der Waals surface area contributed by atoms with Crippen molar-refractivity contribution >= 4 is 40.8 Å². The van der Waals surface area contributed by atoms with Crippen LogP contribution in [0.3, 0.4) is 0 Å². The number of aromatic nitrogens is 2. The number of hydrogen-bond acceptors (Lipinski definition) is 6. The highest BCUT2D eigenvalue weighted by atomic mass is 32.2. The Hall–Kier alpha value is -4.53. The van der Waals surface area contributed by atoms with Crippen LogP contribution in [-0.2, 0) is 15.3 Å². The van der Waals surface area contributed by atoms with Gasteiger partial charge in [-0.25, -0.2) is 4.98 Å². The van der Waals surface area contributed by atoms with Crippen molar-refractivity contribution in [3.63, 3.8) is 0 Å². The summed E-state index contributed by atoms with van der Waals surface area (Å²) < 4.78 is 13.7. The predicted molar refractivity (Wildman–Crippen MR) is 207 cm³/mol. The highest BCUT2D eigenvalue weighted by Gasteiger charge is 2.21. The number of carbonyl (C=O) groups is 1. The number of hydrogen-bond donors (Lipinski definition) is 1. The van der Waals surface area contributed by atoms with Gasteiger partial charge < -0.3 is 24.1 Å². The molecule has 8 heteroatoms. The van der Waals surface area contributed by atoms with Gasteiger partial charge in [-0.1, -0.05) is 51.5 Å². The summed E-state index contributed by atoms with van der Waals surface area (Å²) in [7, 11) is 0. The zero-order valence-electron chi connectivity index (χ0n) is 29.7. The molecular formula is C42H48N4O3S. The molecule has 6 rings (SSSR count). The number of nitrogens with zero attached hydrogens (tertiary/aromatic N) is 3. The third-order valence-corrected chi connectivity index (χ3v) is 9.89. The Balaban J connectivity index is 1.13. The smallest absolute Gasteiger partial charge is 0.251 e. The summed E-state index contributed by atoms with van der Waals surface area (Å²) in [6, 6.07) is 29.0. The van der Waals surface area contributed by atoms with Crippen molar-refractivity contribution < 1.29 is 14.3 Å². The van der Waals surface area contributed by atoms with Gasteiger partial charge in [0.05, 0.1) is 18.0 Å². The Morgan fingerprint density at radius 2 is 1.76 bits per heavy atom. The van der Waals surface area contributed by atoms with Crippen molar-refractivity contribution in [3.05, 3.63) is 114 Å². The van der Waals surface area contributed by atoms with Crippen LogP contribution < -0.4 is 15.0 Å². The maximum absolute atomic E-state index is 13.7. The molecule has 260 valence electrons. The van der Waals surface area contributed by atoms with E-state index in [2.05, 4.69) is 102 Å². The fourth-order valence-corrected chi connectivity index (χ4v) is 7.21. The molecule has 2 aromatic heterocycles. The van der Waals surface area contributed by atoms with Gasteiger partial charge in [0.2, 0.25) is 0 Å². The predicted octanol–water partition coefficient (Wildman–Crippen LogP) is 9.69. The van der Waals surface area contributed by atoms with E-state index in [4.69, 9.17) is 9.47 Å². The molecule has 1 amide bonds. The molecule has 0 saturated heterocycles. The molecule has 50 heavy (non-hydrogen) atoms. The fraction of sp³-hybridized carbons (Fsp3) is 0.333. The number of unbranched alkanes of at least 4 members (excludes halogenated alkanes) is 1. The molecule has 0 unspecified atom stereocenters. The Morgan fingerprint density at radius 3 is 2.54 bits per heavy atom. The van der Waals surface area contributed by atoms with Gasteiger partial charge in [0, 0.05) is 53.5 Å². The van der Waals surface area contributed by atoms with Crippen molar-refractivity contribution in [2.24, 2.45) is 5.92 Å². The maximum atomic E-state index is 13.7. The van der Waals surface area contributed by atoms with E-state index in [1.807, 2.05) is 42.5 Å². The number of aryl methyl sites for hydroxylation is 1. The van der Waals surface area contributed by atoms with Crippen LogP contribution in [0.5, 0.6) is 5.75 Å². The molecule has 0 atom stereocenters. The summed E-state index contributed by atoms with van der Waals surface area (Å²) in [4.78, 5) is 21.9. The highest BCUT2D eigenvalue weighted by molar-refractivity contribution is 7.98. The van der Waals surface area contributed by atoms with E-state index in [1.54, 1.807) is 11.8 Å². The lowest BCUT2D eigenvalue weighted by Gasteiger charge is -2.27. The minimum absolute atomic E-state index is 0.0605. The first kappa shape index (κ1) is 35.3. The maximum Gasteiger partial charge on any atom is 0.251 e.